The maximum atomic E-state index is 12.9. The van der Waals surface area contributed by atoms with Crippen LogP contribution in [0.3, 0.4) is 0 Å². The molecular formula is C23H22ClF3N4O. The Kier molecular flexibility index (Phi) is 7.82. The van der Waals surface area contributed by atoms with Gasteiger partial charge in [0.15, 0.2) is 0 Å². The van der Waals surface area contributed by atoms with Gasteiger partial charge in [-0.3, -0.25) is 9.78 Å². The molecular weight excluding hydrogens is 441 g/mol. The monoisotopic (exact) mass is 462 g/mol. The Bertz CT molecular complexity index is 1030. The second-order valence-corrected chi connectivity index (χ2v) is 7.50. The van der Waals surface area contributed by atoms with Crippen LogP contribution in [0.15, 0.2) is 66.9 Å². The first-order valence-electron chi connectivity index (χ1n) is 9.95. The lowest BCUT2D eigenvalue weighted by Crippen LogP contribution is -2.36. The van der Waals surface area contributed by atoms with Crippen molar-refractivity contribution in [3.8, 4) is 0 Å². The number of hydrogen-bond donors (Lipinski definition) is 2. The highest BCUT2D eigenvalue weighted by Gasteiger charge is 2.32. The van der Waals surface area contributed by atoms with Gasteiger partial charge in [-0.1, -0.05) is 54.1 Å². The van der Waals surface area contributed by atoms with Crippen molar-refractivity contribution in [2.75, 3.05) is 13.6 Å². The molecule has 0 unspecified atom stereocenters. The second-order valence-electron chi connectivity index (χ2n) is 7.11. The summed E-state index contributed by atoms with van der Waals surface area (Å²) in [5.74, 6) is -0.554. The highest BCUT2D eigenvalue weighted by Crippen LogP contribution is 2.31. The Balaban J connectivity index is 1.82. The number of likely N-dealkylation sites (N-methyl/N-ethyl adjacent to an activating group) is 1. The average molecular weight is 463 g/mol. The Hall–Kier alpha value is -2.97. The van der Waals surface area contributed by atoms with Crippen molar-refractivity contribution in [3.05, 3.63) is 94.5 Å². The van der Waals surface area contributed by atoms with Crippen molar-refractivity contribution in [2.24, 2.45) is 0 Å². The summed E-state index contributed by atoms with van der Waals surface area (Å²) in [5, 5.41) is 6.16. The zero-order valence-electron chi connectivity index (χ0n) is 17.2. The fourth-order valence-electron chi connectivity index (χ4n) is 3.41. The Labute approximate surface area is 189 Å². The molecule has 2 aromatic heterocycles. The van der Waals surface area contributed by atoms with Crippen molar-refractivity contribution in [3.63, 3.8) is 0 Å². The van der Waals surface area contributed by atoms with Crippen molar-refractivity contribution >= 4 is 17.5 Å². The summed E-state index contributed by atoms with van der Waals surface area (Å²) in [4.78, 5) is 20.3. The Morgan fingerprint density at radius 3 is 2.38 bits per heavy atom. The van der Waals surface area contributed by atoms with Gasteiger partial charge < -0.3 is 10.6 Å². The van der Waals surface area contributed by atoms with Crippen molar-refractivity contribution in [1.82, 2.24) is 20.6 Å². The van der Waals surface area contributed by atoms with E-state index in [0.29, 0.717) is 24.2 Å². The lowest BCUT2D eigenvalue weighted by atomic mass is 9.92. The van der Waals surface area contributed by atoms with Crippen LogP contribution >= 0.6 is 11.6 Å². The molecule has 9 heteroatoms. The molecule has 2 atom stereocenters. The summed E-state index contributed by atoms with van der Waals surface area (Å²) >= 11 is 6.04. The number of nitrogens with zero attached hydrogens (tertiary/aromatic N) is 2. The number of pyridine rings is 2. The second kappa shape index (κ2) is 10.6. The number of alkyl halides is 3. The van der Waals surface area contributed by atoms with Gasteiger partial charge in [-0.05, 0) is 42.3 Å². The van der Waals surface area contributed by atoms with Crippen LogP contribution < -0.4 is 10.6 Å². The van der Waals surface area contributed by atoms with E-state index in [-0.39, 0.29) is 17.0 Å². The number of nitrogens with one attached hydrogen (secondary N) is 2. The molecule has 2 heterocycles. The molecule has 1 amide bonds. The SMILES string of the molecule is CNC(=O)[C@H](NCC[C@@H](c1ccc(C(F)(F)F)nc1)c1cccc(Cl)n1)c1ccccc1. The maximum Gasteiger partial charge on any atom is 0.433 e. The standard InChI is InChI=1S/C23H22ClF3N4O/c1-28-22(32)21(15-6-3-2-4-7-15)29-13-12-17(18-8-5-9-20(24)31-18)16-10-11-19(30-14-16)23(25,26)27/h2-11,14,17,21,29H,12-13H2,1H3,(H,28,32)/t17-,21+/m0/s1. The van der Waals surface area contributed by atoms with Gasteiger partial charge in [-0.2, -0.15) is 13.2 Å². The summed E-state index contributed by atoms with van der Waals surface area (Å²) in [6.07, 6.45) is -2.84. The number of carbonyl (C=O) groups excluding carboxylic acids is 1. The van der Waals surface area contributed by atoms with E-state index in [2.05, 4.69) is 20.6 Å². The van der Waals surface area contributed by atoms with Gasteiger partial charge in [0.25, 0.3) is 0 Å². The molecule has 0 radical (unpaired) electrons. The van der Waals surface area contributed by atoms with Crippen molar-refractivity contribution < 1.29 is 18.0 Å². The van der Waals surface area contributed by atoms with Crippen LogP contribution in [0, 0.1) is 0 Å². The highest BCUT2D eigenvalue weighted by molar-refractivity contribution is 6.29. The van der Waals surface area contributed by atoms with Crippen LogP contribution in [-0.2, 0) is 11.0 Å². The highest BCUT2D eigenvalue weighted by atomic mass is 35.5. The Morgan fingerprint density at radius 1 is 1.03 bits per heavy atom. The molecule has 168 valence electrons. The van der Waals surface area contributed by atoms with Gasteiger partial charge in [0.1, 0.15) is 16.9 Å². The minimum Gasteiger partial charge on any atom is -0.358 e. The van der Waals surface area contributed by atoms with Gasteiger partial charge in [0, 0.05) is 24.9 Å². The van der Waals surface area contributed by atoms with E-state index < -0.39 is 17.9 Å². The molecule has 2 N–H and O–H groups in total. The lowest BCUT2D eigenvalue weighted by Gasteiger charge is -2.21. The number of carbonyl (C=O) groups is 1. The van der Waals surface area contributed by atoms with Crippen LogP contribution in [0.2, 0.25) is 5.15 Å². The van der Waals surface area contributed by atoms with E-state index in [9.17, 15) is 18.0 Å². The van der Waals surface area contributed by atoms with Crippen LogP contribution in [0.5, 0.6) is 0 Å². The molecule has 0 fully saturated rings. The maximum absolute atomic E-state index is 12.9. The van der Waals surface area contributed by atoms with Gasteiger partial charge in [-0.25, -0.2) is 4.98 Å². The molecule has 0 aliphatic rings. The molecule has 0 aliphatic heterocycles. The van der Waals surface area contributed by atoms with E-state index in [1.54, 1.807) is 25.2 Å². The van der Waals surface area contributed by atoms with Crippen LogP contribution in [0.4, 0.5) is 13.2 Å². The minimum absolute atomic E-state index is 0.190. The molecule has 0 spiro atoms. The summed E-state index contributed by atoms with van der Waals surface area (Å²) in [7, 11) is 1.56. The molecule has 1 aromatic carbocycles. The van der Waals surface area contributed by atoms with Gasteiger partial charge in [-0.15, -0.1) is 0 Å². The predicted molar refractivity (Wildman–Crippen MR) is 116 cm³/mol. The van der Waals surface area contributed by atoms with Crippen LogP contribution in [0.25, 0.3) is 0 Å². The summed E-state index contributed by atoms with van der Waals surface area (Å²) < 4.78 is 38.8. The summed E-state index contributed by atoms with van der Waals surface area (Å²) in [6.45, 7) is 0.396. The fraction of sp³-hybridized carbons (Fsp3) is 0.261. The molecule has 0 saturated heterocycles. The Morgan fingerprint density at radius 2 is 1.78 bits per heavy atom. The van der Waals surface area contributed by atoms with E-state index in [4.69, 9.17) is 11.6 Å². The number of aromatic nitrogens is 2. The molecule has 5 nitrogen and oxygen atoms in total. The topological polar surface area (TPSA) is 66.9 Å². The third kappa shape index (κ3) is 6.05. The van der Waals surface area contributed by atoms with Gasteiger partial charge in [0.05, 0.1) is 0 Å². The zero-order valence-corrected chi connectivity index (χ0v) is 18.0. The first-order valence-corrected chi connectivity index (χ1v) is 10.3. The normalized spacial score (nSPS) is 13.4. The van der Waals surface area contributed by atoms with Gasteiger partial charge in [0.2, 0.25) is 5.91 Å². The quantitative estimate of drug-likeness (QED) is 0.474. The molecule has 3 rings (SSSR count). The molecule has 0 aliphatic carbocycles. The van der Waals surface area contributed by atoms with Crippen LogP contribution in [-0.4, -0.2) is 29.5 Å². The summed E-state index contributed by atoms with van der Waals surface area (Å²) in [5.41, 5.74) is 1.03. The summed E-state index contributed by atoms with van der Waals surface area (Å²) in [6, 6.07) is 16.2. The van der Waals surface area contributed by atoms with E-state index in [0.717, 1.165) is 11.6 Å². The smallest absolute Gasteiger partial charge is 0.358 e. The van der Waals surface area contributed by atoms with Crippen LogP contribution in [0.1, 0.15) is 40.9 Å². The minimum atomic E-state index is -4.51. The molecule has 0 saturated carbocycles. The number of benzene rings is 1. The third-order valence-corrected chi connectivity index (χ3v) is 5.21. The van der Waals surface area contributed by atoms with E-state index >= 15 is 0 Å². The number of hydrogen-bond acceptors (Lipinski definition) is 4. The first-order chi connectivity index (χ1) is 15.3. The van der Waals surface area contributed by atoms with Crippen molar-refractivity contribution in [1.29, 1.82) is 0 Å². The first kappa shape index (κ1) is 23.7. The van der Waals surface area contributed by atoms with E-state index in [1.807, 2.05) is 30.3 Å². The zero-order chi connectivity index (χ0) is 23.1. The molecule has 3 aromatic rings. The average Bonchev–Trinajstić information content (AvgIpc) is 2.79. The molecule has 0 bridgehead atoms. The fourth-order valence-corrected chi connectivity index (χ4v) is 3.58. The number of rotatable bonds is 8. The number of halogens is 4. The lowest BCUT2D eigenvalue weighted by molar-refractivity contribution is -0.141. The number of amides is 1. The third-order valence-electron chi connectivity index (χ3n) is 5.00. The van der Waals surface area contributed by atoms with Crippen molar-refractivity contribution in [2.45, 2.75) is 24.6 Å². The predicted octanol–water partition coefficient (Wildman–Crippen LogP) is 4.75. The van der Waals surface area contributed by atoms with E-state index in [1.165, 1.54) is 12.3 Å². The largest absolute Gasteiger partial charge is 0.433 e. The van der Waals surface area contributed by atoms with Gasteiger partial charge >= 0.3 is 6.18 Å². The molecule has 32 heavy (non-hydrogen) atoms.